The average molecular weight is 367 g/mol. The first-order valence-electron chi connectivity index (χ1n) is 8.85. The van der Waals surface area contributed by atoms with Gasteiger partial charge in [0.25, 0.3) is 11.8 Å². The summed E-state index contributed by atoms with van der Waals surface area (Å²) in [5.41, 5.74) is 0.838. The molecule has 0 unspecified atom stereocenters. The zero-order valence-corrected chi connectivity index (χ0v) is 15.0. The number of carbonyl (C=O) groups excluding carboxylic acids is 3. The Bertz CT molecular complexity index is 860. The first-order valence-corrected chi connectivity index (χ1v) is 8.85. The van der Waals surface area contributed by atoms with Crippen LogP contribution in [0.2, 0.25) is 0 Å². The molecule has 2 amide bonds. The molecule has 0 saturated heterocycles. The number of carbonyl (C=O) groups is 3. The summed E-state index contributed by atoms with van der Waals surface area (Å²) in [6.45, 7) is 0. The number of hydrogen-bond donors (Lipinski definition) is 2. The minimum atomic E-state index is -0.552. The molecule has 0 atom stereocenters. The van der Waals surface area contributed by atoms with Crippen molar-refractivity contribution in [1.29, 1.82) is 0 Å². The zero-order valence-electron chi connectivity index (χ0n) is 15.0. The van der Waals surface area contributed by atoms with Crippen LogP contribution in [0.3, 0.4) is 0 Å². The monoisotopic (exact) mass is 367 g/mol. The third kappa shape index (κ3) is 4.49. The number of hydrogen-bond acceptors (Lipinski definition) is 5. The summed E-state index contributed by atoms with van der Waals surface area (Å²) in [7, 11) is 1.27. The van der Waals surface area contributed by atoms with Gasteiger partial charge in [-0.15, -0.1) is 0 Å². The predicted molar refractivity (Wildman–Crippen MR) is 99.7 cm³/mol. The van der Waals surface area contributed by atoms with Crippen molar-refractivity contribution < 1.29 is 19.1 Å². The molecule has 0 aliphatic heterocycles. The van der Waals surface area contributed by atoms with Crippen molar-refractivity contribution in [2.45, 2.75) is 31.7 Å². The van der Waals surface area contributed by atoms with Gasteiger partial charge in [-0.1, -0.05) is 31.0 Å². The zero-order chi connectivity index (χ0) is 19.2. The van der Waals surface area contributed by atoms with Crippen LogP contribution in [0.4, 0.5) is 5.69 Å². The lowest BCUT2D eigenvalue weighted by atomic mass is 10.1. The number of benzene rings is 1. The number of aromatic nitrogens is 1. The van der Waals surface area contributed by atoms with E-state index in [9.17, 15) is 14.4 Å². The van der Waals surface area contributed by atoms with E-state index in [0.29, 0.717) is 5.69 Å². The van der Waals surface area contributed by atoms with Gasteiger partial charge >= 0.3 is 5.97 Å². The van der Waals surface area contributed by atoms with Crippen LogP contribution in [0.15, 0.2) is 42.5 Å². The smallest absolute Gasteiger partial charge is 0.339 e. The van der Waals surface area contributed by atoms with Crippen LogP contribution in [0.1, 0.15) is 57.0 Å². The number of anilines is 1. The fourth-order valence-electron chi connectivity index (χ4n) is 3.08. The molecule has 2 aromatic rings. The Hall–Kier alpha value is -3.22. The van der Waals surface area contributed by atoms with Gasteiger partial charge in [0, 0.05) is 6.04 Å². The number of nitrogens with one attached hydrogen (secondary N) is 2. The van der Waals surface area contributed by atoms with E-state index in [1.165, 1.54) is 13.2 Å². The first-order chi connectivity index (χ1) is 13.1. The fourth-order valence-corrected chi connectivity index (χ4v) is 3.08. The maximum absolute atomic E-state index is 12.5. The summed E-state index contributed by atoms with van der Waals surface area (Å²) < 4.78 is 4.72. The van der Waals surface area contributed by atoms with Gasteiger partial charge in [0.15, 0.2) is 0 Å². The molecule has 0 spiro atoms. The van der Waals surface area contributed by atoms with Crippen LogP contribution in [-0.4, -0.2) is 35.9 Å². The number of nitrogens with zero attached hydrogens (tertiary/aromatic N) is 1. The van der Waals surface area contributed by atoms with Crippen LogP contribution in [-0.2, 0) is 4.74 Å². The van der Waals surface area contributed by atoms with Crippen molar-refractivity contribution in [3.05, 3.63) is 59.4 Å². The summed E-state index contributed by atoms with van der Waals surface area (Å²) in [5, 5.41) is 5.60. The summed E-state index contributed by atoms with van der Waals surface area (Å²) >= 11 is 0. The highest BCUT2D eigenvalue weighted by atomic mass is 16.5. The Morgan fingerprint density at radius 2 is 1.63 bits per heavy atom. The molecule has 1 fully saturated rings. The van der Waals surface area contributed by atoms with E-state index in [2.05, 4.69) is 15.6 Å². The van der Waals surface area contributed by atoms with Crippen molar-refractivity contribution in [2.75, 3.05) is 12.4 Å². The summed E-state index contributed by atoms with van der Waals surface area (Å²) in [4.78, 5) is 40.9. The number of methoxy groups -OCH3 is 1. The number of rotatable bonds is 5. The van der Waals surface area contributed by atoms with Gasteiger partial charge < -0.3 is 15.4 Å². The van der Waals surface area contributed by atoms with Crippen molar-refractivity contribution in [3.8, 4) is 0 Å². The van der Waals surface area contributed by atoms with Gasteiger partial charge in [0.05, 0.1) is 18.4 Å². The Morgan fingerprint density at radius 3 is 2.33 bits per heavy atom. The molecule has 1 aromatic heterocycles. The number of pyridine rings is 1. The van der Waals surface area contributed by atoms with E-state index >= 15 is 0 Å². The Kier molecular flexibility index (Phi) is 5.80. The maximum Gasteiger partial charge on any atom is 0.339 e. The second kappa shape index (κ2) is 8.44. The number of esters is 1. The highest BCUT2D eigenvalue weighted by Gasteiger charge is 2.20. The van der Waals surface area contributed by atoms with E-state index < -0.39 is 11.9 Å². The number of amides is 2. The van der Waals surface area contributed by atoms with Crippen molar-refractivity contribution >= 4 is 23.5 Å². The lowest BCUT2D eigenvalue weighted by molar-refractivity contribution is 0.0601. The molecule has 2 N–H and O–H groups in total. The highest BCUT2D eigenvalue weighted by molar-refractivity contribution is 6.07. The molecule has 1 aliphatic carbocycles. The molecule has 0 bridgehead atoms. The van der Waals surface area contributed by atoms with Gasteiger partial charge in [-0.2, -0.15) is 0 Å². The molecule has 27 heavy (non-hydrogen) atoms. The molecular weight excluding hydrogens is 346 g/mol. The van der Waals surface area contributed by atoms with Gasteiger partial charge in [-0.3, -0.25) is 9.59 Å². The van der Waals surface area contributed by atoms with Crippen LogP contribution < -0.4 is 10.6 Å². The van der Waals surface area contributed by atoms with E-state index in [4.69, 9.17) is 4.74 Å². The SMILES string of the molecule is COC(=O)c1ccccc1NC(=O)c1cccc(C(=O)NC2CCCC2)n1. The lowest BCUT2D eigenvalue weighted by Crippen LogP contribution is -2.33. The second-order valence-corrected chi connectivity index (χ2v) is 6.35. The molecule has 7 heteroatoms. The Morgan fingerprint density at radius 1 is 0.963 bits per heavy atom. The largest absolute Gasteiger partial charge is 0.465 e. The summed E-state index contributed by atoms with van der Waals surface area (Å²) in [6.07, 6.45) is 4.16. The van der Waals surface area contributed by atoms with Gasteiger partial charge in [-0.25, -0.2) is 9.78 Å². The predicted octanol–water partition coefficient (Wildman–Crippen LogP) is 2.79. The standard InChI is InChI=1S/C20H21N3O4/c1-27-20(26)14-9-4-5-10-15(14)23-19(25)17-12-6-11-16(22-17)18(24)21-13-7-2-3-8-13/h4-6,9-13H,2-3,7-8H2,1H3,(H,21,24)(H,23,25). The topological polar surface area (TPSA) is 97.4 Å². The number of para-hydroxylation sites is 1. The van der Waals surface area contributed by atoms with Crippen LogP contribution >= 0.6 is 0 Å². The molecule has 1 saturated carbocycles. The summed E-state index contributed by atoms with van der Waals surface area (Å²) in [5.74, 6) is -1.35. The van der Waals surface area contributed by atoms with E-state index in [1.54, 1.807) is 36.4 Å². The van der Waals surface area contributed by atoms with Gasteiger partial charge in [0.2, 0.25) is 0 Å². The third-order valence-electron chi connectivity index (χ3n) is 4.49. The normalized spacial score (nSPS) is 13.8. The third-order valence-corrected chi connectivity index (χ3v) is 4.49. The maximum atomic E-state index is 12.5. The van der Waals surface area contributed by atoms with Crippen molar-refractivity contribution in [3.63, 3.8) is 0 Å². The van der Waals surface area contributed by atoms with Gasteiger partial charge in [-0.05, 0) is 37.1 Å². The first kappa shape index (κ1) is 18.6. The molecular formula is C20H21N3O4. The Balaban J connectivity index is 1.74. The highest BCUT2D eigenvalue weighted by Crippen LogP contribution is 2.19. The quantitative estimate of drug-likeness (QED) is 0.792. The minimum absolute atomic E-state index is 0.0914. The van der Waals surface area contributed by atoms with E-state index in [0.717, 1.165) is 25.7 Å². The molecule has 3 rings (SSSR count). The van der Waals surface area contributed by atoms with Crippen LogP contribution in [0, 0.1) is 0 Å². The lowest BCUT2D eigenvalue weighted by Gasteiger charge is -2.12. The molecule has 1 aliphatic rings. The molecule has 140 valence electrons. The summed E-state index contributed by atoms with van der Waals surface area (Å²) in [6, 6.07) is 11.4. The number of ether oxygens (including phenoxy) is 1. The molecule has 7 nitrogen and oxygen atoms in total. The van der Waals surface area contributed by atoms with Crippen molar-refractivity contribution in [2.24, 2.45) is 0 Å². The average Bonchev–Trinajstić information content (AvgIpc) is 3.21. The van der Waals surface area contributed by atoms with Crippen LogP contribution in [0.5, 0.6) is 0 Å². The molecule has 0 radical (unpaired) electrons. The molecule has 1 aromatic carbocycles. The van der Waals surface area contributed by atoms with Crippen molar-refractivity contribution in [1.82, 2.24) is 10.3 Å². The van der Waals surface area contributed by atoms with Crippen LogP contribution in [0.25, 0.3) is 0 Å². The van der Waals surface area contributed by atoms with E-state index in [-0.39, 0.29) is 28.9 Å². The fraction of sp³-hybridized carbons (Fsp3) is 0.300. The van der Waals surface area contributed by atoms with E-state index in [1.807, 2.05) is 0 Å². The molecule has 1 heterocycles. The van der Waals surface area contributed by atoms with Gasteiger partial charge in [0.1, 0.15) is 11.4 Å². The Labute approximate surface area is 157 Å². The second-order valence-electron chi connectivity index (χ2n) is 6.35. The minimum Gasteiger partial charge on any atom is -0.465 e.